The van der Waals surface area contributed by atoms with E-state index in [1.54, 1.807) is 22.7 Å². The minimum Gasteiger partial charge on any atom is -0.328 e. The highest BCUT2D eigenvalue weighted by Crippen LogP contribution is 2.42. The number of nitrogens with zero attached hydrogens (tertiary/aromatic N) is 2. The minimum absolute atomic E-state index is 0.0747. The van der Waals surface area contributed by atoms with Gasteiger partial charge in [0.05, 0.1) is 12.6 Å². The first-order valence-corrected chi connectivity index (χ1v) is 9.92. The summed E-state index contributed by atoms with van der Waals surface area (Å²) in [5.41, 5.74) is 0. The average Bonchev–Trinajstić information content (AvgIpc) is 3.46. The van der Waals surface area contributed by atoms with E-state index in [0.717, 1.165) is 24.4 Å². The highest BCUT2D eigenvalue weighted by molar-refractivity contribution is 7.11. The summed E-state index contributed by atoms with van der Waals surface area (Å²) >= 11 is 3.42. The van der Waals surface area contributed by atoms with Gasteiger partial charge in [-0.15, -0.1) is 22.7 Å². The molecule has 2 aromatic rings. The van der Waals surface area contributed by atoms with Crippen molar-refractivity contribution in [2.45, 2.75) is 51.2 Å². The first kappa shape index (κ1) is 15.1. The molecular formula is C17H21N3OS2. The maximum atomic E-state index is 12.9. The Labute approximate surface area is 144 Å². The molecule has 0 aromatic carbocycles. The van der Waals surface area contributed by atoms with Gasteiger partial charge in [0.25, 0.3) is 0 Å². The molecule has 2 amide bonds. The predicted molar refractivity (Wildman–Crippen MR) is 93.7 cm³/mol. The fourth-order valence-corrected chi connectivity index (χ4v) is 4.49. The van der Waals surface area contributed by atoms with E-state index >= 15 is 0 Å². The zero-order valence-corrected chi connectivity index (χ0v) is 14.8. The van der Waals surface area contributed by atoms with E-state index in [1.165, 1.54) is 22.6 Å². The summed E-state index contributed by atoms with van der Waals surface area (Å²) in [7, 11) is 0. The highest BCUT2D eigenvalue weighted by atomic mass is 32.1. The maximum absolute atomic E-state index is 12.9. The molecule has 2 saturated carbocycles. The molecule has 0 saturated heterocycles. The summed E-state index contributed by atoms with van der Waals surface area (Å²) < 4.78 is 0. The second kappa shape index (κ2) is 6.24. The molecule has 0 spiro atoms. The van der Waals surface area contributed by atoms with Gasteiger partial charge in [0.15, 0.2) is 0 Å². The zero-order valence-electron chi connectivity index (χ0n) is 13.2. The molecule has 2 aliphatic carbocycles. The smallest absolute Gasteiger partial charge is 0.318 e. The Morgan fingerprint density at radius 2 is 2.26 bits per heavy atom. The summed E-state index contributed by atoms with van der Waals surface area (Å²) in [6, 6.07) is 4.73. The van der Waals surface area contributed by atoms with Crippen molar-refractivity contribution in [3.8, 4) is 0 Å². The van der Waals surface area contributed by atoms with Gasteiger partial charge in [0.1, 0.15) is 5.01 Å². The third kappa shape index (κ3) is 3.58. The Hall–Kier alpha value is -1.40. The topological polar surface area (TPSA) is 45.2 Å². The standard InChI is InChI=1S/C17H21N3OS2/c1-11-9-18-16(23-11)15(12-4-5-12)19-17(21)20(13-6-7-13)10-14-3-2-8-22-14/h2-3,8-9,12-13,15H,4-7,10H2,1H3,(H,19,21)/t15-/m1/s1. The van der Waals surface area contributed by atoms with Crippen LogP contribution in [0.2, 0.25) is 0 Å². The first-order valence-electron chi connectivity index (χ1n) is 8.22. The van der Waals surface area contributed by atoms with Crippen molar-refractivity contribution in [2.24, 2.45) is 5.92 Å². The molecule has 0 bridgehead atoms. The maximum Gasteiger partial charge on any atom is 0.318 e. The number of aromatic nitrogens is 1. The Morgan fingerprint density at radius 1 is 1.43 bits per heavy atom. The number of urea groups is 1. The lowest BCUT2D eigenvalue weighted by Gasteiger charge is -2.25. The molecule has 0 unspecified atom stereocenters. The third-order valence-electron chi connectivity index (χ3n) is 4.43. The molecular weight excluding hydrogens is 326 g/mol. The molecule has 2 heterocycles. The molecule has 1 atom stereocenters. The van der Waals surface area contributed by atoms with Gasteiger partial charge in [0, 0.05) is 22.0 Å². The number of hydrogen-bond acceptors (Lipinski definition) is 4. The normalized spacial score (nSPS) is 18.7. The number of nitrogens with one attached hydrogen (secondary N) is 1. The molecule has 6 heteroatoms. The lowest BCUT2D eigenvalue weighted by Crippen LogP contribution is -2.43. The number of aryl methyl sites for hydroxylation is 1. The van der Waals surface area contributed by atoms with Gasteiger partial charge in [-0.1, -0.05) is 6.07 Å². The Bertz CT molecular complexity index is 674. The van der Waals surface area contributed by atoms with E-state index in [2.05, 4.69) is 28.7 Å². The van der Waals surface area contributed by atoms with E-state index < -0.39 is 0 Å². The van der Waals surface area contributed by atoms with E-state index in [4.69, 9.17) is 0 Å². The number of thiazole rings is 1. The molecule has 4 rings (SSSR count). The van der Waals surface area contributed by atoms with Gasteiger partial charge >= 0.3 is 6.03 Å². The first-order chi connectivity index (χ1) is 11.2. The van der Waals surface area contributed by atoms with Crippen LogP contribution in [0.1, 0.15) is 46.5 Å². The predicted octanol–water partition coefficient (Wildman–Crippen LogP) is 4.34. The van der Waals surface area contributed by atoms with Gasteiger partial charge in [-0.25, -0.2) is 9.78 Å². The van der Waals surface area contributed by atoms with Gasteiger partial charge in [0.2, 0.25) is 0 Å². The SMILES string of the molecule is Cc1cnc([C@H](NC(=O)N(Cc2cccs2)C2CC2)C2CC2)s1. The van der Waals surface area contributed by atoms with Crippen LogP contribution in [-0.4, -0.2) is 22.0 Å². The van der Waals surface area contributed by atoms with Crippen LogP contribution in [0.5, 0.6) is 0 Å². The number of rotatable bonds is 6. The summed E-state index contributed by atoms with van der Waals surface area (Å²) in [5, 5.41) is 6.42. The lowest BCUT2D eigenvalue weighted by atomic mass is 10.2. The summed E-state index contributed by atoms with van der Waals surface area (Å²) in [6.45, 7) is 2.79. The van der Waals surface area contributed by atoms with Crippen molar-refractivity contribution >= 4 is 28.7 Å². The van der Waals surface area contributed by atoms with Crippen molar-refractivity contribution in [3.63, 3.8) is 0 Å². The Morgan fingerprint density at radius 3 is 2.83 bits per heavy atom. The zero-order chi connectivity index (χ0) is 15.8. The van der Waals surface area contributed by atoms with Gasteiger partial charge < -0.3 is 10.2 Å². The van der Waals surface area contributed by atoms with Crippen molar-refractivity contribution in [2.75, 3.05) is 0 Å². The molecule has 122 valence electrons. The molecule has 0 radical (unpaired) electrons. The van der Waals surface area contributed by atoms with Crippen LogP contribution in [-0.2, 0) is 6.54 Å². The largest absolute Gasteiger partial charge is 0.328 e. The number of carbonyl (C=O) groups is 1. The quantitative estimate of drug-likeness (QED) is 0.845. The van der Waals surface area contributed by atoms with Crippen LogP contribution in [0.3, 0.4) is 0 Å². The van der Waals surface area contributed by atoms with Crippen LogP contribution >= 0.6 is 22.7 Å². The monoisotopic (exact) mass is 347 g/mol. The lowest BCUT2D eigenvalue weighted by molar-refractivity contribution is 0.187. The molecule has 4 nitrogen and oxygen atoms in total. The summed E-state index contributed by atoms with van der Waals surface area (Å²) in [6.07, 6.45) is 6.55. The van der Waals surface area contributed by atoms with Crippen LogP contribution in [0.15, 0.2) is 23.7 Å². The van der Waals surface area contributed by atoms with E-state index in [1.807, 2.05) is 17.2 Å². The van der Waals surface area contributed by atoms with Crippen molar-refractivity contribution in [3.05, 3.63) is 38.5 Å². The summed E-state index contributed by atoms with van der Waals surface area (Å²) in [4.78, 5) is 21.9. The third-order valence-corrected chi connectivity index (χ3v) is 6.29. The highest BCUT2D eigenvalue weighted by Gasteiger charge is 2.38. The van der Waals surface area contributed by atoms with E-state index in [9.17, 15) is 4.79 Å². The Kier molecular flexibility index (Phi) is 4.11. The fourth-order valence-electron chi connectivity index (χ4n) is 2.87. The average molecular weight is 348 g/mol. The fraction of sp³-hybridized carbons (Fsp3) is 0.529. The number of amides is 2. The van der Waals surface area contributed by atoms with Gasteiger partial charge in [-0.2, -0.15) is 0 Å². The molecule has 23 heavy (non-hydrogen) atoms. The van der Waals surface area contributed by atoms with Crippen molar-refractivity contribution in [1.29, 1.82) is 0 Å². The van der Waals surface area contributed by atoms with Crippen LogP contribution < -0.4 is 5.32 Å². The van der Waals surface area contributed by atoms with E-state index in [-0.39, 0.29) is 12.1 Å². The van der Waals surface area contributed by atoms with Gasteiger partial charge in [-0.3, -0.25) is 0 Å². The number of thiophene rings is 1. The molecule has 2 aliphatic rings. The molecule has 0 aliphatic heterocycles. The number of carbonyl (C=O) groups excluding carboxylic acids is 1. The van der Waals surface area contributed by atoms with Crippen molar-refractivity contribution < 1.29 is 4.79 Å². The second-order valence-corrected chi connectivity index (χ2v) is 8.81. The van der Waals surface area contributed by atoms with Crippen LogP contribution in [0.25, 0.3) is 0 Å². The van der Waals surface area contributed by atoms with Crippen molar-refractivity contribution in [1.82, 2.24) is 15.2 Å². The second-order valence-electron chi connectivity index (χ2n) is 6.51. The van der Waals surface area contributed by atoms with Gasteiger partial charge in [-0.05, 0) is 50.0 Å². The number of hydrogen-bond donors (Lipinski definition) is 1. The molecule has 2 aromatic heterocycles. The molecule has 1 N–H and O–H groups in total. The minimum atomic E-state index is 0.0747. The van der Waals surface area contributed by atoms with Crippen LogP contribution in [0, 0.1) is 12.8 Å². The molecule has 2 fully saturated rings. The van der Waals surface area contributed by atoms with E-state index in [0.29, 0.717) is 12.0 Å². The summed E-state index contributed by atoms with van der Waals surface area (Å²) in [5.74, 6) is 0.562. The Balaban J connectivity index is 1.47. The van der Waals surface area contributed by atoms with Crippen LogP contribution in [0.4, 0.5) is 4.79 Å².